The van der Waals surface area contributed by atoms with E-state index >= 15 is 4.39 Å². The minimum Gasteiger partial charge on any atom is -0.395 e. The van der Waals surface area contributed by atoms with Gasteiger partial charge in [0, 0.05) is 37.8 Å². The molecule has 1 aliphatic carbocycles. The van der Waals surface area contributed by atoms with Crippen LogP contribution in [0.5, 0.6) is 0 Å². The largest absolute Gasteiger partial charge is 0.395 e. The number of aliphatic hydroxyl groups is 2. The second-order valence-corrected chi connectivity index (χ2v) is 8.10. The second-order valence-electron chi connectivity index (χ2n) is 8.10. The van der Waals surface area contributed by atoms with Crippen molar-refractivity contribution in [1.29, 1.82) is 0 Å². The van der Waals surface area contributed by atoms with E-state index in [1.54, 1.807) is 28.0 Å². The summed E-state index contributed by atoms with van der Waals surface area (Å²) in [6.07, 6.45) is 2.44. The Morgan fingerprint density at radius 1 is 1.27 bits per heavy atom. The third-order valence-electron chi connectivity index (χ3n) is 5.36. The fourth-order valence-electron chi connectivity index (χ4n) is 3.60. The van der Waals surface area contributed by atoms with E-state index in [9.17, 15) is 14.3 Å². The molecule has 3 rings (SSSR count). The van der Waals surface area contributed by atoms with E-state index in [1.807, 2.05) is 0 Å². The molecule has 0 spiro atoms. The summed E-state index contributed by atoms with van der Waals surface area (Å²) in [5.74, 6) is -1.44. The topological polar surface area (TPSA) is 128 Å². The van der Waals surface area contributed by atoms with Crippen molar-refractivity contribution in [2.75, 3.05) is 43.0 Å². The van der Waals surface area contributed by atoms with Gasteiger partial charge in [-0.15, -0.1) is 0 Å². The SMILES string of the molecule is NC(=O)CN(CCO)C[C@H](O)CCNc1ncnc(N(Cc2ccccc2F)C2CC2)c1F. The first-order valence-electron chi connectivity index (χ1n) is 10.9. The van der Waals surface area contributed by atoms with Crippen molar-refractivity contribution in [2.24, 2.45) is 5.73 Å². The number of aliphatic hydroxyl groups excluding tert-OH is 2. The summed E-state index contributed by atoms with van der Waals surface area (Å²) in [5, 5.41) is 22.2. The smallest absolute Gasteiger partial charge is 0.231 e. The van der Waals surface area contributed by atoms with Gasteiger partial charge >= 0.3 is 0 Å². The monoisotopic (exact) mass is 464 g/mol. The Labute approximate surface area is 191 Å². The van der Waals surface area contributed by atoms with Crippen LogP contribution in [0.4, 0.5) is 20.4 Å². The van der Waals surface area contributed by atoms with Crippen LogP contribution in [0.3, 0.4) is 0 Å². The molecule has 9 nitrogen and oxygen atoms in total. The average molecular weight is 465 g/mol. The third-order valence-corrected chi connectivity index (χ3v) is 5.36. The maximum Gasteiger partial charge on any atom is 0.231 e. The van der Waals surface area contributed by atoms with Crippen LogP contribution in [-0.4, -0.2) is 75.9 Å². The summed E-state index contributed by atoms with van der Waals surface area (Å²) < 4.78 is 29.4. The molecule has 1 aliphatic rings. The maximum absolute atomic E-state index is 15.2. The Hall–Kier alpha value is -2.89. The van der Waals surface area contributed by atoms with Crippen molar-refractivity contribution in [3.05, 3.63) is 47.8 Å². The number of hydrogen-bond donors (Lipinski definition) is 4. The Morgan fingerprint density at radius 2 is 2.03 bits per heavy atom. The minimum atomic E-state index is -0.822. The average Bonchev–Trinajstić information content (AvgIpc) is 3.60. The number of benzene rings is 1. The molecule has 0 saturated heterocycles. The van der Waals surface area contributed by atoms with E-state index < -0.39 is 17.8 Å². The van der Waals surface area contributed by atoms with Gasteiger partial charge in [0.25, 0.3) is 0 Å². The first-order chi connectivity index (χ1) is 15.9. The Morgan fingerprint density at radius 3 is 2.70 bits per heavy atom. The lowest BCUT2D eigenvalue weighted by Crippen LogP contribution is -2.40. The molecule has 1 aromatic carbocycles. The van der Waals surface area contributed by atoms with Crippen molar-refractivity contribution >= 4 is 17.5 Å². The normalized spacial score (nSPS) is 14.3. The highest BCUT2D eigenvalue weighted by molar-refractivity contribution is 5.75. The number of anilines is 2. The van der Waals surface area contributed by atoms with E-state index in [-0.39, 0.29) is 69.2 Å². The molecule has 1 atom stereocenters. The molecule has 0 radical (unpaired) electrons. The van der Waals surface area contributed by atoms with Gasteiger partial charge in [0.1, 0.15) is 12.1 Å². The van der Waals surface area contributed by atoms with Gasteiger partial charge in [0.15, 0.2) is 11.6 Å². The lowest BCUT2D eigenvalue weighted by Gasteiger charge is -2.25. The number of rotatable bonds is 14. The molecule has 1 amide bonds. The van der Waals surface area contributed by atoms with Crippen molar-refractivity contribution in [2.45, 2.75) is 38.0 Å². The fourth-order valence-corrected chi connectivity index (χ4v) is 3.60. The number of nitrogens with one attached hydrogen (secondary N) is 1. The van der Waals surface area contributed by atoms with Gasteiger partial charge < -0.3 is 26.2 Å². The molecule has 1 heterocycles. The number of aromatic nitrogens is 2. The quantitative estimate of drug-likeness (QED) is 0.324. The van der Waals surface area contributed by atoms with Gasteiger partial charge in [-0.05, 0) is 25.3 Å². The van der Waals surface area contributed by atoms with Crippen LogP contribution in [-0.2, 0) is 11.3 Å². The lowest BCUT2D eigenvalue weighted by atomic mass is 10.2. The molecule has 180 valence electrons. The van der Waals surface area contributed by atoms with E-state index in [2.05, 4.69) is 15.3 Å². The highest BCUT2D eigenvalue weighted by Crippen LogP contribution is 2.34. The highest BCUT2D eigenvalue weighted by Gasteiger charge is 2.33. The van der Waals surface area contributed by atoms with Crippen LogP contribution in [0.1, 0.15) is 24.8 Å². The van der Waals surface area contributed by atoms with Crippen molar-refractivity contribution in [3.8, 4) is 0 Å². The summed E-state index contributed by atoms with van der Waals surface area (Å²) >= 11 is 0. The molecule has 1 fully saturated rings. The molecule has 0 aliphatic heterocycles. The van der Waals surface area contributed by atoms with E-state index in [0.717, 1.165) is 12.8 Å². The number of primary amides is 1. The van der Waals surface area contributed by atoms with Crippen LogP contribution in [0.15, 0.2) is 30.6 Å². The summed E-state index contributed by atoms with van der Waals surface area (Å²) in [7, 11) is 0. The number of carbonyl (C=O) groups is 1. The zero-order chi connectivity index (χ0) is 23.8. The first kappa shape index (κ1) is 24.7. The molecule has 5 N–H and O–H groups in total. The Balaban J connectivity index is 1.61. The molecule has 0 unspecified atom stereocenters. The first-order valence-corrected chi connectivity index (χ1v) is 10.9. The molecule has 33 heavy (non-hydrogen) atoms. The number of carbonyl (C=O) groups excluding carboxylic acids is 1. The van der Waals surface area contributed by atoms with E-state index in [1.165, 1.54) is 12.4 Å². The predicted molar refractivity (Wildman–Crippen MR) is 119 cm³/mol. The van der Waals surface area contributed by atoms with Crippen LogP contribution in [0.2, 0.25) is 0 Å². The molecule has 1 aromatic heterocycles. The number of nitrogens with two attached hydrogens (primary N) is 1. The minimum absolute atomic E-state index is 0.00395. The predicted octanol–water partition coefficient (Wildman–Crippen LogP) is 0.866. The van der Waals surface area contributed by atoms with Crippen molar-refractivity contribution in [3.63, 3.8) is 0 Å². The van der Waals surface area contributed by atoms with Crippen LogP contribution in [0, 0.1) is 11.6 Å². The van der Waals surface area contributed by atoms with Crippen LogP contribution < -0.4 is 16.0 Å². The molecule has 11 heteroatoms. The van der Waals surface area contributed by atoms with Gasteiger partial charge in [-0.1, -0.05) is 18.2 Å². The number of hydrogen-bond acceptors (Lipinski definition) is 8. The molecule has 0 bridgehead atoms. The molecular formula is C22H30F2N6O3. The fraction of sp³-hybridized carbons (Fsp3) is 0.500. The Kier molecular flexibility index (Phi) is 8.87. The van der Waals surface area contributed by atoms with Gasteiger partial charge in [-0.2, -0.15) is 4.39 Å². The zero-order valence-electron chi connectivity index (χ0n) is 18.3. The van der Waals surface area contributed by atoms with Gasteiger partial charge in [0.2, 0.25) is 11.7 Å². The van der Waals surface area contributed by atoms with Gasteiger partial charge in [-0.3, -0.25) is 9.69 Å². The summed E-state index contributed by atoms with van der Waals surface area (Å²) in [6, 6.07) is 6.48. The maximum atomic E-state index is 15.2. The number of nitrogens with zero attached hydrogens (tertiary/aromatic N) is 4. The third kappa shape index (κ3) is 7.31. The highest BCUT2D eigenvalue weighted by atomic mass is 19.1. The number of halogens is 2. The zero-order valence-corrected chi connectivity index (χ0v) is 18.3. The van der Waals surface area contributed by atoms with E-state index in [0.29, 0.717) is 5.56 Å². The van der Waals surface area contributed by atoms with Crippen molar-refractivity contribution < 1.29 is 23.8 Å². The molecule has 2 aromatic rings. The standard InChI is InChI=1S/C22H30F2N6O3/c23-18-4-2-1-3-15(18)11-30(16-5-6-16)22-20(24)21(27-14-28-22)26-8-7-17(32)12-29(9-10-31)13-19(25)33/h1-4,14,16-17,31-32H,5-13H2,(H2,25,33)(H,26,27,28)/t17-/m1/s1. The van der Waals surface area contributed by atoms with Gasteiger partial charge in [-0.25, -0.2) is 14.4 Å². The second kappa shape index (κ2) is 11.8. The number of amides is 1. The summed E-state index contributed by atoms with van der Waals surface area (Å²) in [5.41, 5.74) is 5.64. The van der Waals surface area contributed by atoms with Crippen LogP contribution >= 0.6 is 0 Å². The van der Waals surface area contributed by atoms with Crippen molar-refractivity contribution in [1.82, 2.24) is 14.9 Å². The molecule has 1 saturated carbocycles. The summed E-state index contributed by atoms with van der Waals surface area (Å²) in [4.78, 5) is 22.5. The molecular weight excluding hydrogens is 434 g/mol. The Bertz CT molecular complexity index is 931. The summed E-state index contributed by atoms with van der Waals surface area (Å²) in [6.45, 7) is 0.515. The van der Waals surface area contributed by atoms with Gasteiger partial charge in [0.05, 0.1) is 19.3 Å². The van der Waals surface area contributed by atoms with E-state index in [4.69, 9.17) is 10.8 Å². The van der Waals surface area contributed by atoms with Crippen LogP contribution in [0.25, 0.3) is 0 Å². The lowest BCUT2D eigenvalue weighted by molar-refractivity contribution is -0.119.